The summed E-state index contributed by atoms with van der Waals surface area (Å²) in [5, 5.41) is 14.7. The third-order valence-electron chi connectivity index (χ3n) is 5.63. The topological polar surface area (TPSA) is 93.9 Å². The van der Waals surface area contributed by atoms with Gasteiger partial charge < -0.3 is 19.7 Å². The van der Waals surface area contributed by atoms with Gasteiger partial charge in [-0.2, -0.15) is 0 Å². The highest BCUT2D eigenvalue weighted by atomic mass is 16.6. The summed E-state index contributed by atoms with van der Waals surface area (Å²) in [5.74, 6) is 0.608. The molecule has 1 aliphatic heterocycles. The molecule has 0 aliphatic carbocycles. The normalized spacial score (nSPS) is 18.5. The molecule has 2 aromatic rings. The Morgan fingerprint density at radius 3 is 2.71 bits per heavy atom. The lowest BCUT2D eigenvalue weighted by Gasteiger charge is -2.37. The average molecular weight is 428 g/mol. The van der Waals surface area contributed by atoms with E-state index in [1.165, 1.54) is 6.07 Å². The molecular formula is C23H29N3O5. The number of nitrogens with zero attached hydrogens (tertiary/aromatic N) is 2. The predicted octanol–water partition coefficient (Wildman–Crippen LogP) is 3.93. The first-order chi connectivity index (χ1) is 15.0. The zero-order valence-corrected chi connectivity index (χ0v) is 18.0. The zero-order valence-electron chi connectivity index (χ0n) is 18.0. The van der Waals surface area contributed by atoms with E-state index in [1.807, 2.05) is 37.3 Å². The highest BCUT2D eigenvalue weighted by molar-refractivity contribution is 5.68. The molecule has 1 heterocycles. The van der Waals surface area contributed by atoms with Gasteiger partial charge in [0.25, 0.3) is 5.69 Å². The Morgan fingerprint density at radius 2 is 2.03 bits per heavy atom. The van der Waals surface area contributed by atoms with Gasteiger partial charge in [0, 0.05) is 30.3 Å². The molecule has 0 aromatic heterocycles. The maximum Gasteiger partial charge on any atom is 0.410 e. The van der Waals surface area contributed by atoms with Gasteiger partial charge in [-0.25, -0.2) is 4.79 Å². The number of ether oxygens (including phenoxy) is 2. The summed E-state index contributed by atoms with van der Waals surface area (Å²) < 4.78 is 10.7. The third-order valence-corrected chi connectivity index (χ3v) is 5.63. The molecule has 0 radical (unpaired) electrons. The second-order valence-corrected chi connectivity index (χ2v) is 7.76. The quantitative estimate of drug-likeness (QED) is 0.507. The number of piperidine rings is 1. The fourth-order valence-corrected chi connectivity index (χ4v) is 3.91. The minimum Gasteiger partial charge on any atom is -0.497 e. The minimum absolute atomic E-state index is 0.0562. The Morgan fingerprint density at radius 1 is 1.26 bits per heavy atom. The smallest absolute Gasteiger partial charge is 0.410 e. The van der Waals surface area contributed by atoms with Crippen molar-refractivity contribution >= 4 is 11.8 Å². The molecule has 1 amide bonds. The summed E-state index contributed by atoms with van der Waals surface area (Å²) in [5.41, 5.74) is 1.71. The van der Waals surface area contributed by atoms with Crippen molar-refractivity contribution in [3.05, 3.63) is 69.8 Å². The van der Waals surface area contributed by atoms with E-state index < -0.39 is 0 Å². The number of likely N-dealkylation sites (tertiary alicyclic amines) is 1. The zero-order chi connectivity index (χ0) is 22.2. The molecule has 8 heteroatoms. The van der Waals surface area contributed by atoms with E-state index in [-0.39, 0.29) is 35.4 Å². The molecule has 31 heavy (non-hydrogen) atoms. The number of hydrogen-bond donors (Lipinski definition) is 1. The first kappa shape index (κ1) is 22.6. The Labute approximate surface area is 182 Å². The molecule has 1 aliphatic rings. The van der Waals surface area contributed by atoms with E-state index in [1.54, 1.807) is 24.1 Å². The molecule has 2 atom stereocenters. The second-order valence-electron chi connectivity index (χ2n) is 7.76. The standard InChI is InChI=1S/C23H29N3O5/c1-17-14-20(11-13-25(17)23(27)31-16-18-6-4-3-5-7-18)24-12-10-19-15-21(30-2)8-9-22(19)26(28)29/h3-9,15,17,20,24H,10-14,16H2,1-2H3. The monoisotopic (exact) mass is 427 g/mol. The summed E-state index contributed by atoms with van der Waals surface area (Å²) in [4.78, 5) is 25.1. The highest BCUT2D eigenvalue weighted by Crippen LogP contribution is 2.25. The molecule has 0 saturated carbocycles. The number of carbonyl (C=O) groups is 1. The molecule has 1 fully saturated rings. The molecule has 0 spiro atoms. The second kappa shape index (κ2) is 10.8. The summed E-state index contributed by atoms with van der Waals surface area (Å²) in [6, 6.07) is 14.7. The Bertz CT molecular complexity index is 890. The first-order valence-electron chi connectivity index (χ1n) is 10.5. The lowest BCUT2D eigenvalue weighted by molar-refractivity contribution is -0.385. The van der Waals surface area contributed by atoms with Crippen molar-refractivity contribution in [3.63, 3.8) is 0 Å². The lowest BCUT2D eigenvalue weighted by Crippen LogP contribution is -2.50. The van der Waals surface area contributed by atoms with Crippen LogP contribution in [0.15, 0.2) is 48.5 Å². The predicted molar refractivity (Wildman–Crippen MR) is 117 cm³/mol. The van der Waals surface area contributed by atoms with Crippen LogP contribution >= 0.6 is 0 Å². The molecule has 2 aromatic carbocycles. The van der Waals surface area contributed by atoms with Crippen LogP contribution in [0.4, 0.5) is 10.5 Å². The molecule has 8 nitrogen and oxygen atoms in total. The van der Waals surface area contributed by atoms with E-state index in [9.17, 15) is 14.9 Å². The van der Waals surface area contributed by atoms with Crippen LogP contribution in [0.3, 0.4) is 0 Å². The maximum absolute atomic E-state index is 12.5. The van der Waals surface area contributed by atoms with Crippen LogP contribution in [0.2, 0.25) is 0 Å². The largest absolute Gasteiger partial charge is 0.497 e. The maximum atomic E-state index is 12.5. The highest BCUT2D eigenvalue weighted by Gasteiger charge is 2.29. The van der Waals surface area contributed by atoms with E-state index in [4.69, 9.17) is 9.47 Å². The summed E-state index contributed by atoms with van der Waals surface area (Å²) >= 11 is 0. The van der Waals surface area contributed by atoms with Crippen molar-refractivity contribution in [2.45, 2.75) is 44.9 Å². The van der Waals surface area contributed by atoms with Crippen LogP contribution in [-0.2, 0) is 17.8 Å². The van der Waals surface area contributed by atoms with Crippen molar-refractivity contribution in [2.75, 3.05) is 20.2 Å². The van der Waals surface area contributed by atoms with Crippen LogP contribution in [0.25, 0.3) is 0 Å². The Hall–Kier alpha value is -3.13. The van der Waals surface area contributed by atoms with E-state index in [2.05, 4.69) is 5.32 Å². The van der Waals surface area contributed by atoms with Gasteiger partial charge in [0.05, 0.1) is 12.0 Å². The van der Waals surface area contributed by atoms with E-state index in [0.717, 1.165) is 18.4 Å². The van der Waals surface area contributed by atoms with Gasteiger partial charge in [0.2, 0.25) is 0 Å². The number of nitro groups is 1. The van der Waals surface area contributed by atoms with Crippen LogP contribution in [0.1, 0.15) is 30.9 Å². The van der Waals surface area contributed by atoms with Crippen LogP contribution in [0.5, 0.6) is 5.75 Å². The van der Waals surface area contributed by atoms with Gasteiger partial charge in [-0.3, -0.25) is 10.1 Å². The molecular weight excluding hydrogens is 398 g/mol. The molecule has 2 unspecified atom stereocenters. The van der Waals surface area contributed by atoms with Crippen molar-refractivity contribution in [2.24, 2.45) is 0 Å². The number of carbonyl (C=O) groups excluding carboxylic acids is 1. The average Bonchev–Trinajstić information content (AvgIpc) is 2.78. The van der Waals surface area contributed by atoms with Crippen LogP contribution in [0, 0.1) is 10.1 Å². The summed E-state index contributed by atoms with van der Waals surface area (Å²) in [6.45, 7) is 3.52. The number of hydrogen-bond acceptors (Lipinski definition) is 6. The fraction of sp³-hybridized carbons (Fsp3) is 0.435. The Balaban J connectivity index is 1.46. The SMILES string of the molecule is COc1ccc([N+](=O)[O-])c(CCNC2CCN(C(=O)OCc3ccccc3)C(C)C2)c1. The van der Waals surface area contributed by atoms with Crippen molar-refractivity contribution in [3.8, 4) is 5.75 Å². The van der Waals surface area contributed by atoms with Gasteiger partial charge in [0.1, 0.15) is 12.4 Å². The van der Waals surface area contributed by atoms with Crippen LogP contribution < -0.4 is 10.1 Å². The van der Waals surface area contributed by atoms with E-state index >= 15 is 0 Å². The number of nitro benzene ring substituents is 1. The minimum atomic E-state index is -0.365. The van der Waals surface area contributed by atoms with Crippen LogP contribution in [-0.4, -0.2) is 48.2 Å². The van der Waals surface area contributed by atoms with Crippen molar-refractivity contribution in [1.29, 1.82) is 0 Å². The fourth-order valence-electron chi connectivity index (χ4n) is 3.91. The lowest BCUT2D eigenvalue weighted by atomic mass is 9.98. The number of nitrogens with one attached hydrogen (secondary N) is 1. The van der Waals surface area contributed by atoms with Crippen molar-refractivity contribution < 1.29 is 19.2 Å². The number of benzene rings is 2. The van der Waals surface area contributed by atoms with Gasteiger partial charge in [-0.1, -0.05) is 30.3 Å². The van der Waals surface area contributed by atoms with Gasteiger partial charge in [-0.05, 0) is 50.4 Å². The molecule has 166 valence electrons. The van der Waals surface area contributed by atoms with Gasteiger partial charge in [0.15, 0.2) is 0 Å². The number of rotatable bonds is 8. The molecule has 3 rings (SSSR count). The molecule has 1 N–H and O–H groups in total. The first-order valence-corrected chi connectivity index (χ1v) is 10.5. The van der Waals surface area contributed by atoms with Crippen molar-refractivity contribution in [1.82, 2.24) is 10.2 Å². The number of methoxy groups -OCH3 is 1. The van der Waals surface area contributed by atoms with E-state index in [0.29, 0.717) is 30.8 Å². The summed E-state index contributed by atoms with van der Waals surface area (Å²) in [6.07, 6.45) is 1.86. The number of amides is 1. The molecule has 0 bridgehead atoms. The third kappa shape index (κ3) is 6.18. The Kier molecular flexibility index (Phi) is 7.83. The molecule has 1 saturated heterocycles. The van der Waals surface area contributed by atoms with Gasteiger partial charge in [-0.15, -0.1) is 0 Å². The van der Waals surface area contributed by atoms with Gasteiger partial charge >= 0.3 is 6.09 Å². The summed E-state index contributed by atoms with van der Waals surface area (Å²) in [7, 11) is 1.54.